The highest BCUT2D eigenvalue weighted by Crippen LogP contribution is 2.39. The highest BCUT2D eigenvalue weighted by Gasteiger charge is 2.29. The molecule has 2 aromatic rings. The van der Waals surface area contributed by atoms with Crippen LogP contribution in [0.15, 0.2) is 30.3 Å². The fraction of sp³-hybridized carbons (Fsp3) is 0.154. The fourth-order valence-electron chi connectivity index (χ4n) is 2.39. The number of rotatable bonds is 2. The maximum Gasteiger partial charge on any atom is 0.259 e. The lowest BCUT2D eigenvalue weighted by Gasteiger charge is -2.16. The Hall–Kier alpha value is -2.07. The molecule has 3 rings (SSSR count). The SMILES string of the molecule is Nc1ccc2c3c(cccc13)C(=O)N2CCO. The lowest BCUT2D eigenvalue weighted by Crippen LogP contribution is -2.29. The van der Waals surface area contributed by atoms with E-state index >= 15 is 0 Å². The summed E-state index contributed by atoms with van der Waals surface area (Å²) in [5, 5.41) is 10.8. The Morgan fingerprint density at radius 1 is 1.24 bits per heavy atom. The molecule has 4 heteroatoms. The van der Waals surface area contributed by atoms with E-state index in [0.717, 1.165) is 16.5 Å². The number of benzene rings is 2. The third kappa shape index (κ3) is 1.24. The zero-order valence-corrected chi connectivity index (χ0v) is 9.18. The largest absolute Gasteiger partial charge is 0.398 e. The van der Waals surface area contributed by atoms with Gasteiger partial charge in [0.05, 0.1) is 12.3 Å². The number of aliphatic hydroxyl groups excluding tert-OH is 1. The number of hydrogen-bond acceptors (Lipinski definition) is 3. The number of carbonyl (C=O) groups excluding carboxylic acids is 1. The number of nitrogens with zero attached hydrogens (tertiary/aromatic N) is 1. The van der Waals surface area contributed by atoms with Crippen LogP contribution in [0.1, 0.15) is 10.4 Å². The molecule has 0 spiro atoms. The van der Waals surface area contributed by atoms with Crippen LogP contribution in [0.5, 0.6) is 0 Å². The molecule has 0 saturated carbocycles. The zero-order valence-electron chi connectivity index (χ0n) is 9.18. The fourth-order valence-corrected chi connectivity index (χ4v) is 2.39. The molecule has 0 aromatic heterocycles. The third-order valence-corrected chi connectivity index (χ3v) is 3.14. The summed E-state index contributed by atoms with van der Waals surface area (Å²) in [5.41, 5.74) is 8.08. The van der Waals surface area contributed by atoms with Crippen molar-refractivity contribution in [2.45, 2.75) is 0 Å². The number of hydrogen-bond donors (Lipinski definition) is 2. The van der Waals surface area contributed by atoms with Crippen LogP contribution in [0.25, 0.3) is 10.8 Å². The minimum Gasteiger partial charge on any atom is -0.398 e. The number of carbonyl (C=O) groups is 1. The quantitative estimate of drug-likeness (QED) is 0.763. The lowest BCUT2D eigenvalue weighted by molar-refractivity contribution is 0.0987. The molecule has 1 heterocycles. The first-order valence-electron chi connectivity index (χ1n) is 5.48. The Morgan fingerprint density at radius 2 is 2.06 bits per heavy atom. The van der Waals surface area contributed by atoms with Crippen molar-refractivity contribution in [1.82, 2.24) is 0 Å². The van der Waals surface area contributed by atoms with Crippen molar-refractivity contribution in [3.05, 3.63) is 35.9 Å². The lowest BCUT2D eigenvalue weighted by atomic mass is 10.0. The Balaban J connectivity index is 2.34. The van der Waals surface area contributed by atoms with Crippen molar-refractivity contribution in [3.8, 4) is 0 Å². The zero-order chi connectivity index (χ0) is 12.0. The second kappa shape index (κ2) is 3.46. The summed E-state index contributed by atoms with van der Waals surface area (Å²) < 4.78 is 0. The molecular weight excluding hydrogens is 216 g/mol. The van der Waals surface area contributed by atoms with Crippen molar-refractivity contribution in [1.29, 1.82) is 0 Å². The van der Waals surface area contributed by atoms with E-state index in [0.29, 0.717) is 17.8 Å². The van der Waals surface area contributed by atoms with Crippen LogP contribution in [0.3, 0.4) is 0 Å². The van der Waals surface area contributed by atoms with E-state index in [9.17, 15) is 4.79 Å². The van der Waals surface area contributed by atoms with E-state index in [2.05, 4.69) is 0 Å². The molecule has 0 bridgehead atoms. The average molecular weight is 228 g/mol. The molecule has 86 valence electrons. The van der Waals surface area contributed by atoms with E-state index < -0.39 is 0 Å². The van der Waals surface area contributed by atoms with Crippen LogP contribution in [0, 0.1) is 0 Å². The molecule has 0 aliphatic carbocycles. The Bertz CT molecular complexity index is 622. The number of β-amino-alcohol motifs (C(OH)–C–C–N with tert-alkyl or cyclic N) is 1. The number of anilines is 2. The summed E-state index contributed by atoms with van der Waals surface area (Å²) in [6, 6.07) is 9.17. The maximum absolute atomic E-state index is 12.2. The van der Waals surface area contributed by atoms with Crippen LogP contribution in [-0.2, 0) is 0 Å². The van der Waals surface area contributed by atoms with Crippen molar-refractivity contribution in [2.24, 2.45) is 0 Å². The van der Waals surface area contributed by atoms with Crippen molar-refractivity contribution in [2.75, 3.05) is 23.8 Å². The molecule has 4 nitrogen and oxygen atoms in total. The minimum absolute atomic E-state index is 0.0500. The second-order valence-corrected chi connectivity index (χ2v) is 4.08. The monoisotopic (exact) mass is 228 g/mol. The summed E-state index contributed by atoms with van der Waals surface area (Å²) in [6.45, 7) is 0.262. The van der Waals surface area contributed by atoms with Gasteiger partial charge >= 0.3 is 0 Å². The number of aliphatic hydroxyl groups is 1. The van der Waals surface area contributed by atoms with Gasteiger partial charge < -0.3 is 15.7 Å². The van der Waals surface area contributed by atoms with Crippen LogP contribution >= 0.6 is 0 Å². The van der Waals surface area contributed by atoms with Crippen LogP contribution in [0.2, 0.25) is 0 Å². The maximum atomic E-state index is 12.2. The molecule has 0 atom stereocenters. The standard InChI is InChI=1S/C13H12N2O2/c14-10-4-5-11-12-8(10)2-1-3-9(12)13(17)15(11)6-7-16/h1-5,16H,6-7,14H2. The van der Waals surface area contributed by atoms with E-state index in [-0.39, 0.29) is 12.5 Å². The Labute approximate surface area is 98.3 Å². The second-order valence-electron chi connectivity index (χ2n) is 4.08. The first-order valence-corrected chi connectivity index (χ1v) is 5.48. The molecule has 2 aromatic carbocycles. The first kappa shape index (κ1) is 10.1. The molecule has 3 N–H and O–H groups in total. The molecule has 1 aliphatic heterocycles. The van der Waals surface area contributed by atoms with Gasteiger partial charge in [-0.3, -0.25) is 4.79 Å². The summed E-state index contributed by atoms with van der Waals surface area (Å²) in [6.07, 6.45) is 0. The van der Waals surface area contributed by atoms with E-state index in [1.165, 1.54) is 0 Å². The number of nitrogens with two attached hydrogens (primary N) is 1. The van der Waals surface area contributed by atoms with Gasteiger partial charge in [0.25, 0.3) is 5.91 Å². The van der Waals surface area contributed by atoms with Gasteiger partial charge in [0.2, 0.25) is 0 Å². The highest BCUT2D eigenvalue weighted by atomic mass is 16.3. The third-order valence-electron chi connectivity index (χ3n) is 3.14. The molecular formula is C13H12N2O2. The van der Waals surface area contributed by atoms with E-state index in [4.69, 9.17) is 10.8 Å². The summed E-state index contributed by atoms with van der Waals surface area (Å²) >= 11 is 0. The van der Waals surface area contributed by atoms with Gasteiger partial charge in [-0.05, 0) is 18.2 Å². The topological polar surface area (TPSA) is 66.6 Å². The predicted octanol–water partition coefficient (Wildman–Crippen LogP) is 1.37. The van der Waals surface area contributed by atoms with Crippen LogP contribution in [0.4, 0.5) is 11.4 Å². The predicted molar refractivity (Wildman–Crippen MR) is 67.1 cm³/mol. The average Bonchev–Trinajstić information content (AvgIpc) is 2.61. The van der Waals surface area contributed by atoms with Gasteiger partial charge in [-0.1, -0.05) is 12.1 Å². The Kier molecular flexibility index (Phi) is 2.06. The highest BCUT2D eigenvalue weighted by molar-refractivity contribution is 6.26. The van der Waals surface area contributed by atoms with Gasteiger partial charge in [-0.2, -0.15) is 0 Å². The van der Waals surface area contributed by atoms with Gasteiger partial charge in [-0.15, -0.1) is 0 Å². The van der Waals surface area contributed by atoms with Crippen molar-refractivity contribution >= 4 is 28.1 Å². The molecule has 1 aliphatic rings. The Morgan fingerprint density at radius 3 is 2.82 bits per heavy atom. The minimum atomic E-state index is -0.0646. The van der Waals surface area contributed by atoms with E-state index in [1.54, 1.807) is 17.0 Å². The molecule has 0 radical (unpaired) electrons. The van der Waals surface area contributed by atoms with Gasteiger partial charge in [-0.25, -0.2) is 0 Å². The molecule has 0 saturated heterocycles. The van der Waals surface area contributed by atoms with Crippen molar-refractivity contribution < 1.29 is 9.90 Å². The molecule has 17 heavy (non-hydrogen) atoms. The van der Waals surface area contributed by atoms with E-state index in [1.807, 2.05) is 18.2 Å². The number of amides is 1. The summed E-state index contributed by atoms with van der Waals surface area (Å²) in [7, 11) is 0. The molecule has 0 unspecified atom stereocenters. The normalized spacial score (nSPS) is 13.7. The first-order chi connectivity index (χ1) is 8.24. The van der Waals surface area contributed by atoms with Gasteiger partial charge in [0, 0.05) is 28.6 Å². The van der Waals surface area contributed by atoms with Crippen LogP contribution in [-0.4, -0.2) is 24.2 Å². The van der Waals surface area contributed by atoms with Crippen LogP contribution < -0.4 is 10.6 Å². The summed E-state index contributed by atoms with van der Waals surface area (Å²) in [5.74, 6) is -0.0646. The smallest absolute Gasteiger partial charge is 0.259 e. The molecule has 1 amide bonds. The number of nitrogen functional groups attached to an aromatic ring is 1. The van der Waals surface area contributed by atoms with Gasteiger partial charge in [0.1, 0.15) is 0 Å². The van der Waals surface area contributed by atoms with Gasteiger partial charge in [0.15, 0.2) is 0 Å². The molecule has 0 fully saturated rings. The summed E-state index contributed by atoms with van der Waals surface area (Å²) in [4.78, 5) is 13.7. The van der Waals surface area contributed by atoms with Crippen molar-refractivity contribution in [3.63, 3.8) is 0 Å².